The monoisotopic (exact) mass is 961 g/mol. The zero-order chi connectivity index (χ0) is 49.5. The summed E-state index contributed by atoms with van der Waals surface area (Å²) in [5.41, 5.74) is 6.45. The number of benzene rings is 1. The summed E-state index contributed by atoms with van der Waals surface area (Å²) in [5.74, 6) is 2.16. The molecule has 23 heteroatoms. The minimum absolute atomic E-state index is 0.0427. The molecule has 6 N–H and O–H groups in total. The Morgan fingerprint density at radius 1 is 0.648 bits per heavy atom. The number of nitrogens with zero attached hydrogens (tertiary/aromatic N) is 11. The summed E-state index contributed by atoms with van der Waals surface area (Å²) < 4.78 is 43.3. The Balaban J connectivity index is 0.920. The molecule has 0 bridgehead atoms. The largest absolute Gasteiger partial charge is 0.573 e. The molecule has 71 heavy (non-hydrogen) atoms. The van der Waals surface area contributed by atoms with Crippen molar-refractivity contribution in [3.05, 3.63) is 167 Å². The molecule has 0 radical (unpaired) electrons. The molecule has 0 saturated carbocycles. The lowest BCUT2D eigenvalue weighted by Gasteiger charge is -2.12. The highest BCUT2D eigenvalue weighted by atomic mass is 19.4. The number of H-pyrrole nitrogens is 2. The lowest BCUT2D eigenvalue weighted by Crippen LogP contribution is -2.24. The van der Waals surface area contributed by atoms with E-state index in [9.17, 15) is 22.8 Å². The summed E-state index contributed by atoms with van der Waals surface area (Å²) in [4.78, 5) is 59.0. The second-order valence-corrected chi connectivity index (χ2v) is 16.1. The molecule has 9 rings (SSSR count). The third-order valence-corrected chi connectivity index (χ3v) is 10.5. The van der Waals surface area contributed by atoms with E-state index in [1.165, 1.54) is 36.5 Å². The van der Waals surface area contributed by atoms with Crippen LogP contribution in [0.25, 0.3) is 28.6 Å². The van der Waals surface area contributed by atoms with Crippen LogP contribution in [-0.4, -0.2) is 83.2 Å². The maximum Gasteiger partial charge on any atom is 0.573 e. The van der Waals surface area contributed by atoms with Gasteiger partial charge in [-0.3, -0.25) is 29.8 Å². The number of alkyl halides is 3. The maximum absolute atomic E-state index is 13.3. The Kier molecular flexibility index (Phi) is 13.4. The van der Waals surface area contributed by atoms with Crippen molar-refractivity contribution in [1.29, 1.82) is 0 Å². The molecule has 2 amide bonds. The molecular weight excluding hydrogens is 920 g/mol. The first-order valence-electron chi connectivity index (χ1n) is 21.9. The summed E-state index contributed by atoms with van der Waals surface area (Å²) in [6.07, 6.45) is 4.20. The second kappa shape index (κ2) is 20.4. The quantitative estimate of drug-likeness (QED) is 0.0521. The fraction of sp³-hybridized carbons (Fsp3) is 0.167. The zero-order valence-corrected chi connectivity index (χ0v) is 38.1. The molecule has 8 aromatic heterocycles. The molecule has 20 nitrogen and oxygen atoms in total. The van der Waals surface area contributed by atoms with Gasteiger partial charge >= 0.3 is 6.36 Å². The Morgan fingerprint density at radius 3 is 1.82 bits per heavy atom. The van der Waals surface area contributed by atoms with E-state index in [4.69, 9.17) is 19.9 Å². The zero-order valence-electron chi connectivity index (χ0n) is 38.1. The van der Waals surface area contributed by atoms with Gasteiger partial charge in [-0.25, -0.2) is 29.6 Å². The number of carbonyl (C=O) groups excluding carboxylic acids is 2. The van der Waals surface area contributed by atoms with Crippen molar-refractivity contribution in [3.63, 3.8) is 0 Å². The summed E-state index contributed by atoms with van der Waals surface area (Å²) in [6, 6.07) is 23.0. The van der Waals surface area contributed by atoms with Gasteiger partial charge in [0, 0.05) is 102 Å². The lowest BCUT2D eigenvalue weighted by atomic mass is 10.1. The van der Waals surface area contributed by atoms with Gasteiger partial charge in [0.05, 0.1) is 0 Å². The molecule has 0 aliphatic carbocycles. The van der Waals surface area contributed by atoms with Crippen molar-refractivity contribution in [1.82, 2.24) is 75.7 Å². The topological polar surface area (TPSA) is 257 Å². The molecule has 0 saturated heterocycles. The van der Waals surface area contributed by atoms with Crippen LogP contribution < -0.4 is 26.0 Å². The number of nitrogens with one attached hydrogen (secondary N) is 6. The number of hydrogen-bond donors (Lipinski definition) is 6. The number of aromatic amines is 2. The highest BCUT2D eigenvalue weighted by Gasteiger charge is 2.31. The van der Waals surface area contributed by atoms with Crippen LogP contribution in [0, 0.1) is 20.8 Å². The van der Waals surface area contributed by atoms with Crippen LogP contribution in [0.4, 0.5) is 36.4 Å². The van der Waals surface area contributed by atoms with Crippen LogP contribution in [0.3, 0.4) is 0 Å². The number of hydrogen-bond acceptors (Lipinski definition) is 15. The van der Waals surface area contributed by atoms with Gasteiger partial charge in [-0.1, -0.05) is 18.2 Å². The van der Waals surface area contributed by atoms with Crippen molar-refractivity contribution in [2.24, 2.45) is 0 Å². The summed E-state index contributed by atoms with van der Waals surface area (Å²) >= 11 is 0. The third kappa shape index (κ3) is 12.2. The second-order valence-electron chi connectivity index (χ2n) is 16.1. The smallest absolute Gasteiger partial charge is 0.406 e. The minimum Gasteiger partial charge on any atom is -0.406 e. The van der Waals surface area contributed by atoms with E-state index in [1.807, 2.05) is 62.4 Å². The van der Waals surface area contributed by atoms with Crippen molar-refractivity contribution >= 4 is 35.1 Å². The third-order valence-electron chi connectivity index (χ3n) is 10.5. The van der Waals surface area contributed by atoms with E-state index in [0.717, 1.165) is 17.0 Å². The SMILES string of the molecule is Cc1cc(Nc2cc(CCc3cc(Nc4cc(C)[nH]n4)nc(-c4cnc(C(=O)NCc5ccc(-n6cccn6)nc5)c(C)c4)n3)nc(-c3ccc(C(=O)NCc4ccc(OC(F)(F)F)cc4)nc3)n2)n[nH]1. The first-order valence-corrected chi connectivity index (χ1v) is 21.9. The predicted molar refractivity (Wildman–Crippen MR) is 253 cm³/mol. The molecule has 8 heterocycles. The summed E-state index contributed by atoms with van der Waals surface area (Å²) in [7, 11) is 0. The van der Waals surface area contributed by atoms with E-state index < -0.39 is 12.3 Å². The first kappa shape index (κ1) is 46.7. The fourth-order valence-corrected chi connectivity index (χ4v) is 7.12. The molecule has 9 aromatic rings. The Hall–Kier alpha value is -9.41. The van der Waals surface area contributed by atoms with Gasteiger partial charge < -0.3 is 26.0 Å². The van der Waals surface area contributed by atoms with Gasteiger partial charge in [-0.15, -0.1) is 13.2 Å². The Labute approximate surface area is 402 Å². The Morgan fingerprint density at radius 2 is 1.27 bits per heavy atom. The summed E-state index contributed by atoms with van der Waals surface area (Å²) in [6.45, 7) is 5.85. The van der Waals surface area contributed by atoms with Gasteiger partial charge in [-0.2, -0.15) is 15.3 Å². The highest BCUT2D eigenvalue weighted by Crippen LogP contribution is 2.26. The van der Waals surface area contributed by atoms with Crippen molar-refractivity contribution < 1.29 is 27.5 Å². The lowest BCUT2D eigenvalue weighted by molar-refractivity contribution is -0.274. The van der Waals surface area contributed by atoms with Crippen LogP contribution in [0.1, 0.15) is 60.4 Å². The van der Waals surface area contributed by atoms with E-state index >= 15 is 0 Å². The number of ether oxygens (including phenoxy) is 1. The van der Waals surface area contributed by atoms with Crippen LogP contribution in [-0.2, 0) is 25.9 Å². The van der Waals surface area contributed by atoms with E-state index in [1.54, 1.807) is 42.5 Å². The maximum atomic E-state index is 13.3. The number of aryl methyl sites for hydroxylation is 5. The molecule has 0 aliphatic rings. The van der Waals surface area contributed by atoms with Crippen molar-refractivity contribution in [2.75, 3.05) is 10.6 Å². The van der Waals surface area contributed by atoms with Crippen LogP contribution >= 0.6 is 0 Å². The normalized spacial score (nSPS) is 11.3. The van der Waals surface area contributed by atoms with Gasteiger partial charge in [0.25, 0.3) is 11.8 Å². The molecule has 358 valence electrons. The first-order chi connectivity index (χ1) is 34.2. The van der Waals surface area contributed by atoms with Gasteiger partial charge in [0.2, 0.25) is 0 Å². The minimum atomic E-state index is -4.81. The average Bonchev–Trinajstić information content (AvgIpc) is 4.15. The van der Waals surface area contributed by atoms with Gasteiger partial charge in [-0.05, 0) is 92.8 Å². The molecular formula is C48H42F3N17O3. The van der Waals surface area contributed by atoms with Crippen molar-refractivity contribution in [2.45, 2.75) is 53.1 Å². The van der Waals surface area contributed by atoms with E-state index in [-0.39, 0.29) is 36.1 Å². The number of carbonyl (C=O) groups is 2. The predicted octanol–water partition coefficient (Wildman–Crippen LogP) is 7.37. The van der Waals surface area contributed by atoms with Crippen LogP contribution in [0.5, 0.6) is 5.75 Å². The fourth-order valence-electron chi connectivity index (χ4n) is 7.12. The number of pyridine rings is 3. The number of rotatable bonds is 17. The molecule has 0 unspecified atom stereocenters. The molecule has 0 fully saturated rings. The van der Waals surface area contributed by atoms with Crippen LogP contribution in [0.2, 0.25) is 0 Å². The number of aromatic nitrogens is 13. The van der Waals surface area contributed by atoms with Crippen molar-refractivity contribution in [3.8, 4) is 34.3 Å². The molecule has 0 atom stereocenters. The summed E-state index contributed by atoms with van der Waals surface area (Å²) in [5, 5.41) is 30.8. The average molecular weight is 962 g/mol. The van der Waals surface area contributed by atoms with Gasteiger partial charge in [0.1, 0.15) is 28.8 Å². The number of amides is 2. The van der Waals surface area contributed by atoms with Crippen LogP contribution in [0.15, 0.2) is 116 Å². The molecule has 0 aliphatic heterocycles. The Bertz CT molecular complexity index is 3300. The number of anilines is 4. The van der Waals surface area contributed by atoms with E-state index in [2.05, 4.69) is 66.4 Å². The molecule has 0 spiro atoms. The number of halogens is 3. The van der Waals surface area contributed by atoms with Gasteiger partial charge in [0.15, 0.2) is 29.1 Å². The molecule has 1 aromatic carbocycles. The standard InChI is InChI=1S/C48H42F3N17O3/c1-27-17-33(26-54-43(27)47(70)56-24-31-7-14-42(53-23-31)68-16-4-15-57-68)45-59-35(21-39(63-45)61-41-19-29(3)65-67-41)10-9-34-20-38(60-40-18-28(2)64-66-40)62-44(58-34)32-8-13-37(52-25-32)46(69)55-22-30-5-11-36(12-6-30)71-48(49,50)51/h4-8,11-21,23,25-26H,9-10,22,24H2,1-3H3,(H,55,69)(H,56,70)(H2,58,60,62,64,66)(H2,59,61,63,65,67). The highest BCUT2D eigenvalue weighted by molar-refractivity contribution is 5.94. The van der Waals surface area contributed by atoms with E-state index in [0.29, 0.717) is 87.2 Å².